The molecule has 0 saturated heterocycles. The van der Waals surface area contributed by atoms with E-state index in [1.807, 2.05) is 34.2 Å². The van der Waals surface area contributed by atoms with Gasteiger partial charge in [-0.1, -0.05) is 24.3 Å². The summed E-state index contributed by atoms with van der Waals surface area (Å²) < 4.78 is 1.96. The summed E-state index contributed by atoms with van der Waals surface area (Å²) in [6.45, 7) is 5.00. The van der Waals surface area contributed by atoms with Crippen LogP contribution in [0.3, 0.4) is 0 Å². The van der Waals surface area contributed by atoms with Crippen molar-refractivity contribution in [3.05, 3.63) is 46.2 Å². The number of hydrogen-bond acceptors (Lipinski definition) is 4. The Morgan fingerprint density at radius 3 is 2.90 bits per heavy atom. The van der Waals surface area contributed by atoms with Crippen molar-refractivity contribution < 1.29 is 0 Å². The molecule has 0 fully saturated rings. The first-order valence-corrected chi connectivity index (χ1v) is 7.75. The SMILES string of the molecule is CCCNCc1ccc(Cn2nnc3ccccc32)s1. The van der Waals surface area contributed by atoms with E-state index in [2.05, 4.69) is 40.8 Å². The zero-order valence-electron chi connectivity index (χ0n) is 11.5. The Morgan fingerprint density at radius 2 is 2.00 bits per heavy atom. The zero-order chi connectivity index (χ0) is 13.8. The third kappa shape index (κ3) is 2.89. The molecule has 5 heteroatoms. The Morgan fingerprint density at radius 1 is 1.15 bits per heavy atom. The standard InChI is InChI=1S/C15H18N4S/c1-2-9-16-10-12-7-8-13(20-12)11-19-15-6-4-3-5-14(15)17-18-19/h3-8,16H,2,9-11H2,1H3. The Bertz CT molecular complexity index is 686. The number of aromatic nitrogens is 3. The highest BCUT2D eigenvalue weighted by atomic mass is 32.1. The quantitative estimate of drug-likeness (QED) is 0.708. The molecule has 0 aliphatic carbocycles. The molecular weight excluding hydrogens is 268 g/mol. The van der Waals surface area contributed by atoms with Gasteiger partial charge in [-0.3, -0.25) is 0 Å². The van der Waals surface area contributed by atoms with Gasteiger partial charge in [0.1, 0.15) is 5.52 Å². The first-order valence-electron chi connectivity index (χ1n) is 6.93. The van der Waals surface area contributed by atoms with E-state index < -0.39 is 0 Å². The van der Waals surface area contributed by atoms with Gasteiger partial charge in [0.15, 0.2) is 0 Å². The van der Waals surface area contributed by atoms with E-state index in [-0.39, 0.29) is 0 Å². The number of hydrogen-bond donors (Lipinski definition) is 1. The van der Waals surface area contributed by atoms with E-state index in [0.717, 1.165) is 30.7 Å². The van der Waals surface area contributed by atoms with Gasteiger partial charge >= 0.3 is 0 Å². The topological polar surface area (TPSA) is 42.7 Å². The fraction of sp³-hybridized carbons (Fsp3) is 0.333. The second kappa shape index (κ2) is 6.15. The van der Waals surface area contributed by atoms with Crippen molar-refractivity contribution in [2.45, 2.75) is 26.4 Å². The maximum absolute atomic E-state index is 4.23. The number of para-hydroxylation sites is 1. The van der Waals surface area contributed by atoms with Crippen LogP contribution in [0.1, 0.15) is 23.1 Å². The summed E-state index contributed by atoms with van der Waals surface area (Å²) in [6.07, 6.45) is 1.17. The van der Waals surface area contributed by atoms with Gasteiger partial charge < -0.3 is 5.32 Å². The van der Waals surface area contributed by atoms with Crippen LogP contribution in [0, 0.1) is 0 Å². The smallest absolute Gasteiger partial charge is 0.113 e. The highest BCUT2D eigenvalue weighted by Crippen LogP contribution is 2.19. The van der Waals surface area contributed by atoms with Gasteiger partial charge in [-0.25, -0.2) is 4.68 Å². The highest BCUT2D eigenvalue weighted by molar-refractivity contribution is 7.11. The minimum absolute atomic E-state index is 0.791. The minimum Gasteiger partial charge on any atom is -0.312 e. The second-order valence-electron chi connectivity index (χ2n) is 4.78. The van der Waals surface area contributed by atoms with Crippen molar-refractivity contribution in [3.8, 4) is 0 Å². The summed E-state index contributed by atoms with van der Waals surface area (Å²) in [5.41, 5.74) is 2.04. The van der Waals surface area contributed by atoms with Crippen molar-refractivity contribution in [1.82, 2.24) is 20.3 Å². The van der Waals surface area contributed by atoms with Crippen molar-refractivity contribution in [2.75, 3.05) is 6.54 Å². The molecule has 104 valence electrons. The number of nitrogens with one attached hydrogen (secondary N) is 1. The Kier molecular flexibility index (Phi) is 4.08. The van der Waals surface area contributed by atoms with Crippen molar-refractivity contribution in [1.29, 1.82) is 0 Å². The third-order valence-corrected chi connectivity index (χ3v) is 4.24. The predicted octanol–water partition coefficient (Wildman–Crippen LogP) is 3.04. The zero-order valence-corrected chi connectivity index (χ0v) is 12.4. The van der Waals surface area contributed by atoms with Gasteiger partial charge in [0, 0.05) is 16.3 Å². The molecule has 20 heavy (non-hydrogen) atoms. The number of benzene rings is 1. The molecule has 0 aliphatic heterocycles. The average molecular weight is 286 g/mol. The fourth-order valence-corrected chi connectivity index (χ4v) is 3.14. The molecule has 3 rings (SSSR count). The van der Waals surface area contributed by atoms with Crippen LogP contribution < -0.4 is 5.32 Å². The van der Waals surface area contributed by atoms with Crippen LogP contribution >= 0.6 is 11.3 Å². The van der Waals surface area contributed by atoms with E-state index in [1.54, 1.807) is 0 Å². The monoisotopic (exact) mass is 286 g/mol. The number of nitrogens with zero attached hydrogens (tertiary/aromatic N) is 3. The first-order chi connectivity index (χ1) is 9.86. The molecule has 0 aliphatic rings. The van der Waals surface area contributed by atoms with Gasteiger partial charge in [-0.2, -0.15) is 0 Å². The van der Waals surface area contributed by atoms with E-state index in [4.69, 9.17) is 0 Å². The molecule has 0 bridgehead atoms. The molecule has 0 saturated carbocycles. The lowest BCUT2D eigenvalue weighted by Crippen LogP contribution is -2.12. The maximum atomic E-state index is 4.23. The Labute approximate surface area is 122 Å². The molecule has 4 nitrogen and oxygen atoms in total. The van der Waals surface area contributed by atoms with Crippen LogP contribution in [0.4, 0.5) is 0 Å². The van der Waals surface area contributed by atoms with Crippen LogP contribution in [0.25, 0.3) is 11.0 Å². The molecule has 1 aromatic carbocycles. The van der Waals surface area contributed by atoms with Gasteiger partial charge in [-0.15, -0.1) is 16.4 Å². The van der Waals surface area contributed by atoms with Crippen molar-refractivity contribution in [2.24, 2.45) is 0 Å². The summed E-state index contributed by atoms with van der Waals surface area (Å²) in [4.78, 5) is 2.69. The molecule has 0 radical (unpaired) electrons. The van der Waals surface area contributed by atoms with E-state index in [1.165, 1.54) is 16.2 Å². The van der Waals surface area contributed by atoms with Gasteiger partial charge in [-0.05, 0) is 37.2 Å². The second-order valence-corrected chi connectivity index (χ2v) is 6.03. The van der Waals surface area contributed by atoms with Crippen LogP contribution in [0.5, 0.6) is 0 Å². The lowest BCUT2D eigenvalue weighted by molar-refractivity contribution is 0.676. The molecule has 3 aromatic rings. The Balaban J connectivity index is 1.71. The molecule has 0 atom stereocenters. The molecule has 1 N–H and O–H groups in total. The van der Waals surface area contributed by atoms with Crippen LogP contribution in [-0.2, 0) is 13.1 Å². The summed E-state index contributed by atoms with van der Waals surface area (Å²) in [7, 11) is 0. The highest BCUT2D eigenvalue weighted by Gasteiger charge is 2.06. The number of rotatable bonds is 6. The molecule has 0 amide bonds. The molecular formula is C15H18N4S. The minimum atomic E-state index is 0.791. The molecule has 2 heterocycles. The van der Waals surface area contributed by atoms with E-state index in [0.29, 0.717) is 0 Å². The van der Waals surface area contributed by atoms with Gasteiger partial charge in [0.2, 0.25) is 0 Å². The summed E-state index contributed by atoms with van der Waals surface area (Å²) in [5, 5.41) is 11.8. The number of thiophene rings is 1. The Hall–Kier alpha value is -1.72. The van der Waals surface area contributed by atoms with E-state index >= 15 is 0 Å². The van der Waals surface area contributed by atoms with Crippen LogP contribution in [0.2, 0.25) is 0 Å². The summed E-state index contributed by atoms with van der Waals surface area (Å²) >= 11 is 1.84. The van der Waals surface area contributed by atoms with Crippen molar-refractivity contribution in [3.63, 3.8) is 0 Å². The molecule has 2 aromatic heterocycles. The summed E-state index contributed by atoms with van der Waals surface area (Å²) in [5.74, 6) is 0. The van der Waals surface area contributed by atoms with Gasteiger partial charge in [0.05, 0.1) is 12.1 Å². The van der Waals surface area contributed by atoms with Crippen molar-refractivity contribution >= 4 is 22.4 Å². The normalized spacial score (nSPS) is 11.2. The number of fused-ring (bicyclic) bond motifs is 1. The van der Waals surface area contributed by atoms with Gasteiger partial charge in [0.25, 0.3) is 0 Å². The maximum Gasteiger partial charge on any atom is 0.113 e. The predicted molar refractivity (Wildman–Crippen MR) is 82.9 cm³/mol. The first kappa shape index (κ1) is 13.3. The largest absolute Gasteiger partial charge is 0.312 e. The van der Waals surface area contributed by atoms with Crippen LogP contribution in [-0.4, -0.2) is 21.5 Å². The molecule has 0 spiro atoms. The lowest BCUT2D eigenvalue weighted by atomic mass is 10.3. The fourth-order valence-electron chi connectivity index (χ4n) is 2.17. The van der Waals surface area contributed by atoms with E-state index in [9.17, 15) is 0 Å². The van der Waals surface area contributed by atoms with Crippen LogP contribution in [0.15, 0.2) is 36.4 Å². The summed E-state index contributed by atoms with van der Waals surface area (Å²) in [6, 6.07) is 12.5. The lowest BCUT2D eigenvalue weighted by Gasteiger charge is -2.00. The average Bonchev–Trinajstić information content (AvgIpc) is 3.08. The third-order valence-electron chi connectivity index (χ3n) is 3.17. The molecule has 0 unspecified atom stereocenters.